The van der Waals surface area contributed by atoms with Gasteiger partial charge in [0.1, 0.15) is 0 Å². The standard InChI is InChI=1S/C8H20NO5P/c1-7(2)8(5-10)6-14-15(11,12)13-4-3-9/h7-8,10H,3-6,9H2,1-2H3,(H,11,12). The van der Waals surface area contributed by atoms with Crippen LogP contribution < -0.4 is 5.73 Å². The highest BCUT2D eigenvalue weighted by atomic mass is 31.2. The Morgan fingerprint density at radius 3 is 2.40 bits per heavy atom. The SMILES string of the molecule is CC(C)C(CO)COP(=O)(O)OCCN. The molecule has 0 amide bonds. The van der Waals surface area contributed by atoms with Crippen molar-refractivity contribution in [2.45, 2.75) is 13.8 Å². The molecule has 0 aromatic carbocycles. The van der Waals surface area contributed by atoms with Crippen molar-refractivity contribution < 1.29 is 23.6 Å². The summed E-state index contributed by atoms with van der Waals surface area (Å²) in [6.07, 6.45) is 0. The third-order valence-corrected chi connectivity index (χ3v) is 2.99. The lowest BCUT2D eigenvalue weighted by Crippen LogP contribution is -2.19. The van der Waals surface area contributed by atoms with E-state index in [9.17, 15) is 4.57 Å². The van der Waals surface area contributed by atoms with Crippen LogP contribution in [-0.4, -0.2) is 36.4 Å². The highest BCUT2D eigenvalue weighted by Crippen LogP contribution is 2.43. The van der Waals surface area contributed by atoms with Gasteiger partial charge in [0.25, 0.3) is 0 Å². The van der Waals surface area contributed by atoms with Crippen molar-refractivity contribution in [2.75, 3.05) is 26.4 Å². The Morgan fingerprint density at radius 1 is 1.40 bits per heavy atom. The van der Waals surface area contributed by atoms with E-state index < -0.39 is 7.82 Å². The molecule has 0 spiro atoms. The van der Waals surface area contributed by atoms with E-state index in [1.807, 2.05) is 13.8 Å². The van der Waals surface area contributed by atoms with Gasteiger partial charge in [-0.05, 0) is 5.92 Å². The zero-order valence-corrected chi connectivity index (χ0v) is 10.0. The molecule has 0 saturated heterocycles. The molecule has 0 aromatic heterocycles. The maximum absolute atomic E-state index is 11.2. The molecule has 6 nitrogen and oxygen atoms in total. The first-order chi connectivity index (χ1) is 6.93. The van der Waals surface area contributed by atoms with E-state index in [4.69, 9.17) is 20.3 Å². The Bertz CT molecular complexity index is 211. The highest BCUT2D eigenvalue weighted by molar-refractivity contribution is 7.47. The van der Waals surface area contributed by atoms with Gasteiger partial charge in [-0.15, -0.1) is 0 Å². The van der Waals surface area contributed by atoms with Crippen LogP contribution in [0.5, 0.6) is 0 Å². The van der Waals surface area contributed by atoms with Gasteiger partial charge in [0.2, 0.25) is 0 Å². The zero-order valence-electron chi connectivity index (χ0n) is 9.13. The minimum absolute atomic E-state index is 0.00742. The van der Waals surface area contributed by atoms with E-state index in [1.54, 1.807) is 0 Å². The second-order valence-corrected chi connectivity index (χ2v) is 5.03. The Balaban J connectivity index is 3.95. The molecule has 2 unspecified atom stereocenters. The average Bonchev–Trinajstić information content (AvgIpc) is 2.15. The summed E-state index contributed by atoms with van der Waals surface area (Å²) in [6.45, 7) is 3.82. The molecule has 0 aliphatic heterocycles. The molecule has 0 fully saturated rings. The molecule has 0 heterocycles. The zero-order chi connectivity index (χ0) is 11.9. The van der Waals surface area contributed by atoms with Gasteiger partial charge in [0, 0.05) is 19.1 Å². The van der Waals surface area contributed by atoms with Gasteiger partial charge in [0.15, 0.2) is 0 Å². The molecule has 0 rings (SSSR count). The molecule has 0 aliphatic carbocycles. The Kier molecular flexibility index (Phi) is 7.34. The van der Waals surface area contributed by atoms with Gasteiger partial charge in [-0.3, -0.25) is 9.05 Å². The third kappa shape index (κ3) is 7.00. The number of rotatable bonds is 8. The smallest absolute Gasteiger partial charge is 0.396 e. The van der Waals surface area contributed by atoms with Crippen LogP contribution >= 0.6 is 7.82 Å². The van der Waals surface area contributed by atoms with E-state index >= 15 is 0 Å². The summed E-state index contributed by atoms with van der Waals surface area (Å²) in [5, 5.41) is 8.96. The molecular formula is C8H20NO5P. The number of phosphoric acid groups is 1. The van der Waals surface area contributed by atoms with Crippen LogP contribution in [-0.2, 0) is 13.6 Å². The lowest BCUT2D eigenvalue weighted by Gasteiger charge is -2.19. The number of aliphatic hydroxyl groups excluding tert-OH is 1. The molecule has 0 aliphatic rings. The molecule has 4 N–H and O–H groups in total. The first kappa shape index (κ1) is 15.0. The third-order valence-electron chi connectivity index (χ3n) is 2.00. The van der Waals surface area contributed by atoms with Crippen LogP contribution in [0, 0.1) is 11.8 Å². The minimum Gasteiger partial charge on any atom is -0.396 e. The van der Waals surface area contributed by atoms with Gasteiger partial charge in [0.05, 0.1) is 13.2 Å². The topological polar surface area (TPSA) is 102 Å². The maximum atomic E-state index is 11.2. The highest BCUT2D eigenvalue weighted by Gasteiger charge is 2.23. The van der Waals surface area contributed by atoms with E-state index in [0.717, 1.165) is 0 Å². The van der Waals surface area contributed by atoms with E-state index in [0.29, 0.717) is 0 Å². The van der Waals surface area contributed by atoms with Crippen LogP contribution in [0.15, 0.2) is 0 Å². The van der Waals surface area contributed by atoms with Crippen molar-refractivity contribution in [3.05, 3.63) is 0 Å². The second-order valence-electron chi connectivity index (χ2n) is 3.57. The fourth-order valence-corrected chi connectivity index (χ4v) is 1.64. The minimum atomic E-state index is -4.01. The number of nitrogens with two attached hydrogens (primary N) is 1. The van der Waals surface area contributed by atoms with Gasteiger partial charge in [-0.25, -0.2) is 4.57 Å². The van der Waals surface area contributed by atoms with Crippen molar-refractivity contribution in [2.24, 2.45) is 17.6 Å². The largest absolute Gasteiger partial charge is 0.472 e. The van der Waals surface area contributed by atoms with Gasteiger partial charge in [-0.2, -0.15) is 0 Å². The first-order valence-corrected chi connectivity index (χ1v) is 6.35. The molecule has 0 radical (unpaired) electrons. The van der Waals surface area contributed by atoms with Crippen LogP contribution in [0.2, 0.25) is 0 Å². The normalized spacial score (nSPS) is 17.7. The molecule has 0 saturated carbocycles. The molecule has 0 aromatic rings. The first-order valence-electron chi connectivity index (χ1n) is 4.85. The summed E-state index contributed by atoms with van der Waals surface area (Å²) in [4.78, 5) is 9.15. The number of hydrogen-bond donors (Lipinski definition) is 3. The predicted molar refractivity (Wildman–Crippen MR) is 56.2 cm³/mol. The summed E-state index contributed by atoms with van der Waals surface area (Å²) in [5.74, 6) is -0.00328. The lowest BCUT2D eigenvalue weighted by atomic mass is 9.98. The quantitative estimate of drug-likeness (QED) is 0.530. The number of aliphatic hydroxyl groups is 1. The maximum Gasteiger partial charge on any atom is 0.472 e. The predicted octanol–water partition coefficient (Wildman–Crippen LogP) is 0.343. The average molecular weight is 241 g/mol. The summed E-state index contributed by atoms with van der Waals surface area (Å²) in [6, 6.07) is 0. The Morgan fingerprint density at radius 2 is 2.00 bits per heavy atom. The van der Waals surface area contributed by atoms with Crippen LogP contribution in [0.25, 0.3) is 0 Å². The van der Waals surface area contributed by atoms with Crippen molar-refractivity contribution in [3.63, 3.8) is 0 Å². The monoisotopic (exact) mass is 241 g/mol. The van der Waals surface area contributed by atoms with E-state index in [1.165, 1.54) is 0 Å². The van der Waals surface area contributed by atoms with Crippen LogP contribution in [0.4, 0.5) is 0 Å². The van der Waals surface area contributed by atoms with Crippen molar-refractivity contribution in [1.82, 2.24) is 0 Å². The Labute approximate surface area is 90.0 Å². The number of hydrogen-bond acceptors (Lipinski definition) is 5. The van der Waals surface area contributed by atoms with Crippen molar-refractivity contribution in [1.29, 1.82) is 0 Å². The Hall–Kier alpha value is 0.0300. The fraction of sp³-hybridized carbons (Fsp3) is 1.00. The molecule has 0 bridgehead atoms. The molecule has 92 valence electrons. The molecular weight excluding hydrogens is 221 g/mol. The summed E-state index contributed by atoms with van der Waals surface area (Å²) < 4.78 is 20.4. The summed E-state index contributed by atoms with van der Waals surface area (Å²) >= 11 is 0. The van der Waals surface area contributed by atoms with E-state index in [-0.39, 0.29) is 38.2 Å². The molecule has 2 atom stereocenters. The van der Waals surface area contributed by atoms with Crippen molar-refractivity contribution in [3.8, 4) is 0 Å². The van der Waals surface area contributed by atoms with Gasteiger partial charge < -0.3 is 15.7 Å². The summed E-state index contributed by atoms with van der Waals surface area (Å²) in [5.41, 5.74) is 5.11. The van der Waals surface area contributed by atoms with E-state index in [2.05, 4.69) is 4.52 Å². The summed E-state index contributed by atoms with van der Waals surface area (Å²) in [7, 11) is -4.01. The molecule has 7 heteroatoms. The van der Waals surface area contributed by atoms with Crippen LogP contribution in [0.1, 0.15) is 13.8 Å². The lowest BCUT2D eigenvalue weighted by molar-refractivity contribution is 0.0914. The van der Waals surface area contributed by atoms with Crippen molar-refractivity contribution >= 4 is 7.82 Å². The number of phosphoric ester groups is 1. The molecule has 15 heavy (non-hydrogen) atoms. The fourth-order valence-electron chi connectivity index (χ4n) is 0.851. The second kappa shape index (κ2) is 7.33. The van der Waals surface area contributed by atoms with Gasteiger partial charge in [-0.1, -0.05) is 13.8 Å². The van der Waals surface area contributed by atoms with Gasteiger partial charge >= 0.3 is 7.82 Å². The van der Waals surface area contributed by atoms with Crippen LogP contribution in [0.3, 0.4) is 0 Å².